The lowest BCUT2D eigenvalue weighted by Crippen LogP contribution is -2.22. The van der Waals surface area contributed by atoms with Gasteiger partial charge in [-0.05, 0) is 43.5 Å². The highest BCUT2D eigenvalue weighted by molar-refractivity contribution is 5.40. The number of rotatable bonds is 5. The van der Waals surface area contributed by atoms with E-state index >= 15 is 0 Å². The predicted molar refractivity (Wildman–Crippen MR) is 66.2 cm³/mol. The Morgan fingerprint density at radius 1 is 1.44 bits per heavy atom. The van der Waals surface area contributed by atoms with Crippen molar-refractivity contribution in [2.24, 2.45) is 0 Å². The van der Waals surface area contributed by atoms with E-state index in [-0.39, 0.29) is 0 Å². The van der Waals surface area contributed by atoms with Gasteiger partial charge in [0.25, 0.3) is 0 Å². The first-order chi connectivity index (χ1) is 7.84. The van der Waals surface area contributed by atoms with Crippen molar-refractivity contribution >= 4 is 5.69 Å². The molecule has 0 bridgehead atoms. The van der Waals surface area contributed by atoms with Gasteiger partial charge in [0.2, 0.25) is 0 Å². The molecule has 16 heavy (non-hydrogen) atoms. The van der Waals surface area contributed by atoms with E-state index in [1.165, 1.54) is 19.4 Å². The first kappa shape index (κ1) is 11.4. The zero-order chi connectivity index (χ0) is 11.2. The van der Waals surface area contributed by atoms with E-state index in [2.05, 4.69) is 5.32 Å². The number of ether oxygens (including phenoxy) is 1. The number of hydrogen-bond acceptors (Lipinski definition) is 3. The van der Waals surface area contributed by atoms with Crippen LogP contribution in [0.25, 0.3) is 0 Å². The van der Waals surface area contributed by atoms with Gasteiger partial charge in [-0.3, -0.25) is 0 Å². The van der Waals surface area contributed by atoms with Crippen molar-refractivity contribution in [3.05, 3.63) is 29.8 Å². The highest BCUT2D eigenvalue weighted by atomic mass is 16.5. The molecule has 1 aromatic carbocycles. The average molecular weight is 220 g/mol. The van der Waals surface area contributed by atoms with Crippen LogP contribution < -0.4 is 11.1 Å². The van der Waals surface area contributed by atoms with Crippen molar-refractivity contribution in [1.82, 2.24) is 5.32 Å². The van der Waals surface area contributed by atoms with Crippen LogP contribution in [0.2, 0.25) is 0 Å². The number of nitrogen functional groups attached to an aromatic ring is 1. The van der Waals surface area contributed by atoms with Gasteiger partial charge in [-0.1, -0.05) is 12.1 Å². The lowest BCUT2D eigenvalue weighted by atomic mass is 10.2. The third-order valence-electron chi connectivity index (χ3n) is 2.99. The van der Waals surface area contributed by atoms with Crippen molar-refractivity contribution in [2.75, 3.05) is 18.9 Å². The van der Waals surface area contributed by atoms with Crippen molar-refractivity contribution in [1.29, 1.82) is 0 Å². The molecular weight excluding hydrogens is 200 g/mol. The van der Waals surface area contributed by atoms with Gasteiger partial charge in [-0.25, -0.2) is 0 Å². The molecule has 88 valence electrons. The van der Waals surface area contributed by atoms with Gasteiger partial charge in [0.15, 0.2) is 0 Å². The molecule has 0 radical (unpaired) electrons. The second kappa shape index (κ2) is 5.87. The normalized spacial score (nSPS) is 20.1. The lowest BCUT2D eigenvalue weighted by molar-refractivity contribution is 0.112. The Morgan fingerprint density at radius 2 is 2.38 bits per heavy atom. The summed E-state index contributed by atoms with van der Waals surface area (Å²) in [5.74, 6) is 0. The van der Waals surface area contributed by atoms with Crippen molar-refractivity contribution in [3.63, 3.8) is 0 Å². The van der Waals surface area contributed by atoms with Gasteiger partial charge in [0, 0.05) is 18.3 Å². The summed E-state index contributed by atoms with van der Waals surface area (Å²) in [6.45, 7) is 2.66. The van der Waals surface area contributed by atoms with Gasteiger partial charge in [-0.15, -0.1) is 0 Å². The third kappa shape index (κ3) is 3.51. The molecule has 2 rings (SSSR count). The molecule has 1 aliphatic heterocycles. The minimum Gasteiger partial charge on any atom is -0.399 e. The van der Waals surface area contributed by atoms with Crippen molar-refractivity contribution in [2.45, 2.75) is 31.9 Å². The molecule has 1 aliphatic rings. The predicted octanol–water partition coefficient (Wildman–Crippen LogP) is 1.93. The van der Waals surface area contributed by atoms with Crippen LogP contribution in [-0.2, 0) is 11.3 Å². The summed E-state index contributed by atoms with van der Waals surface area (Å²) in [6.07, 6.45) is 3.71. The standard InChI is InChI=1S/C13H20N2O/c14-12-4-1-3-11(9-12)10-16-8-6-13-5-2-7-15-13/h1,3-4,9,13,15H,2,5-8,10,14H2. The summed E-state index contributed by atoms with van der Waals surface area (Å²) in [7, 11) is 0. The smallest absolute Gasteiger partial charge is 0.0717 e. The molecule has 1 heterocycles. The Labute approximate surface area is 97.0 Å². The number of hydrogen-bond donors (Lipinski definition) is 2. The zero-order valence-electron chi connectivity index (χ0n) is 9.61. The summed E-state index contributed by atoms with van der Waals surface area (Å²) in [5.41, 5.74) is 7.65. The number of nitrogens with two attached hydrogens (primary N) is 1. The average Bonchev–Trinajstić information content (AvgIpc) is 2.77. The van der Waals surface area contributed by atoms with Crippen molar-refractivity contribution < 1.29 is 4.74 Å². The van der Waals surface area contributed by atoms with Crippen LogP contribution in [0.3, 0.4) is 0 Å². The minimum absolute atomic E-state index is 0.664. The molecule has 1 aromatic rings. The van der Waals surface area contributed by atoms with E-state index in [1.807, 2.05) is 24.3 Å². The Balaban J connectivity index is 1.64. The molecule has 1 saturated heterocycles. The second-order valence-electron chi connectivity index (χ2n) is 4.38. The van der Waals surface area contributed by atoms with E-state index in [9.17, 15) is 0 Å². The Kier molecular flexibility index (Phi) is 4.19. The van der Waals surface area contributed by atoms with Gasteiger partial charge in [0.05, 0.1) is 6.61 Å². The molecule has 1 fully saturated rings. The Hall–Kier alpha value is -1.06. The highest BCUT2D eigenvalue weighted by Crippen LogP contribution is 2.10. The molecular formula is C13H20N2O. The van der Waals surface area contributed by atoms with Crippen LogP contribution in [0.4, 0.5) is 5.69 Å². The number of nitrogens with one attached hydrogen (secondary N) is 1. The van der Waals surface area contributed by atoms with Crippen LogP contribution in [0.5, 0.6) is 0 Å². The quantitative estimate of drug-likeness (QED) is 0.589. The zero-order valence-corrected chi connectivity index (χ0v) is 9.61. The van der Waals surface area contributed by atoms with E-state index in [0.29, 0.717) is 12.6 Å². The lowest BCUT2D eigenvalue weighted by Gasteiger charge is -2.10. The fourth-order valence-electron chi connectivity index (χ4n) is 2.10. The van der Waals surface area contributed by atoms with E-state index < -0.39 is 0 Å². The maximum Gasteiger partial charge on any atom is 0.0717 e. The first-order valence-electron chi connectivity index (χ1n) is 6.00. The Morgan fingerprint density at radius 3 is 3.12 bits per heavy atom. The molecule has 3 nitrogen and oxygen atoms in total. The molecule has 0 spiro atoms. The summed E-state index contributed by atoms with van der Waals surface area (Å²) in [4.78, 5) is 0. The number of benzene rings is 1. The van der Waals surface area contributed by atoms with Gasteiger partial charge in [0.1, 0.15) is 0 Å². The number of anilines is 1. The van der Waals surface area contributed by atoms with E-state index in [4.69, 9.17) is 10.5 Å². The summed E-state index contributed by atoms with van der Waals surface area (Å²) < 4.78 is 5.64. The van der Waals surface area contributed by atoms with Crippen LogP contribution >= 0.6 is 0 Å². The molecule has 0 aliphatic carbocycles. The fraction of sp³-hybridized carbons (Fsp3) is 0.538. The largest absolute Gasteiger partial charge is 0.399 e. The Bertz CT molecular complexity index is 321. The van der Waals surface area contributed by atoms with Gasteiger partial charge >= 0.3 is 0 Å². The molecule has 0 saturated carbocycles. The molecule has 3 heteroatoms. The monoisotopic (exact) mass is 220 g/mol. The topological polar surface area (TPSA) is 47.3 Å². The fourth-order valence-corrected chi connectivity index (χ4v) is 2.10. The molecule has 3 N–H and O–H groups in total. The molecule has 1 unspecified atom stereocenters. The highest BCUT2D eigenvalue weighted by Gasteiger charge is 2.12. The second-order valence-corrected chi connectivity index (χ2v) is 4.38. The maximum atomic E-state index is 5.70. The summed E-state index contributed by atoms with van der Waals surface area (Å²) in [6, 6.07) is 8.54. The molecule has 0 aromatic heterocycles. The maximum absolute atomic E-state index is 5.70. The van der Waals surface area contributed by atoms with E-state index in [1.54, 1.807) is 0 Å². The van der Waals surface area contributed by atoms with Crippen LogP contribution in [0.1, 0.15) is 24.8 Å². The summed E-state index contributed by atoms with van der Waals surface area (Å²) >= 11 is 0. The minimum atomic E-state index is 0.664. The third-order valence-corrected chi connectivity index (χ3v) is 2.99. The first-order valence-corrected chi connectivity index (χ1v) is 6.00. The van der Waals surface area contributed by atoms with Crippen molar-refractivity contribution in [3.8, 4) is 0 Å². The SMILES string of the molecule is Nc1cccc(COCCC2CCCN2)c1. The summed E-state index contributed by atoms with van der Waals surface area (Å²) in [5, 5.41) is 3.46. The van der Waals surface area contributed by atoms with Gasteiger partial charge in [-0.2, -0.15) is 0 Å². The van der Waals surface area contributed by atoms with E-state index in [0.717, 1.165) is 24.3 Å². The van der Waals surface area contributed by atoms with Gasteiger partial charge < -0.3 is 15.8 Å². The molecule has 1 atom stereocenters. The van der Waals surface area contributed by atoms with Crippen LogP contribution in [-0.4, -0.2) is 19.2 Å². The van der Waals surface area contributed by atoms with Crippen LogP contribution in [0, 0.1) is 0 Å². The molecule has 0 amide bonds. The van der Waals surface area contributed by atoms with Crippen LogP contribution in [0.15, 0.2) is 24.3 Å².